The fraction of sp³-hybridized carbons (Fsp3) is 0.500. The number of hydrogen-bond donors (Lipinski definition) is 1. The van der Waals surface area contributed by atoms with Gasteiger partial charge in [-0.05, 0) is 60.1 Å². The van der Waals surface area contributed by atoms with Gasteiger partial charge in [0.25, 0.3) is 0 Å². The van der Waals surface area contributed by atoms with Gasteiger partial charge in [-0.2, -0.15) is 0 Å². The molecule has 0 aliphatic heterocycles. The van der Waals surface area contributed by atoms with Gasteiger partial charge in [0.2, 0.25) is 0 Å². The number of tetrazole rings is 1. The Hall–Kier alpha value is -1.62. The normalized spacial score (nSPS) is 18.7. The Balaban J connectivity index is 1.79. The van der Waals surface area contributed by atoms with Crippen LogP contribution in [-0.2, 0) is 0 Å². The molecule has 1 aromatic carbocycles. The summed E-state index contributed by atoms with van der Waals surface area (Å²) in [5.74, 6) is 2.19. The van der Waals surface area contributed by atoms with Crippen molar-refractivity contribution in [2.45, 2.75) is 31.7 Å². The highest BCUT2D eigenvalue weighted by molar-refractivity contribution is 6.35. The van der Waals surface area contributed by atoms with Crippen LogP contribution in [0.4, 0.5) is 5.69 Å². The maximum atomic E-state index is 6.32. The number of hydrogen-bond acceptors (Lipinski definition) is 4. The summed E-state index contributed by atoms with van der Waals surface area (Å²) in [5, 5.41) is 12.8. The number of benzene rings is 1. The third-order valence-corrected chi connectivity index (χ3v) is 4.68. The first-order valence-corrected chi connectivity index (χ1v) is 7.45. The summed E-state index contributed by atoms with van der Waals surface area (Å²) in [6.07, 6.45) is 5.13. The van der Waals surface area contributed by atoms with Crippen molar-refractivity contribution in [1.29, 1.82) is 0 Å². The largest absolute Gasteiger partial charge is 0.398 e. The predicted octanol–water partition coefficient (Wildman–Crippen LogP) is 2.94. The van der Waals surface area contributed by atoms with E-state index in [0.717, 1.165) is 23.2 Å². The first-order valence-electron chi connectivity index (χ1n) is 7.08. The van der Waals surface area contributed by atoms with Crippen LogP contribution in [-0.4, -0.2) is 20.2 Å². The van der Waals surface area contributed by atoms with Crippen LogP contribution < -0.4 is 5.73 Å². The minimum atomic E-state index is 0.428. The topological polar surface area (TPSA) is 69.6 Å². The van der Waals surface area contributed by atoms with E-state index in [2.05, 4.69) is 15.5 Å². The molecule has 0 radical (unpaired) electrons. The number of nitrogen functional groups attached to an aromatic ring is 1. The van der Waals surface area contributed by atoms with E-state index in [9.17, 15) is 0 Å². The number of nitrogens with two attached hydrogens (primary N) is 1. The molecule has 5 nitrogen and oxygen atoms in total. The summed E-state index contributed by atoms with van der Waals surface area (Å²) < 4.78 is 1.98. The molecule has 0 spiro atoms. The van der Waals surface area contributed by atoms with Gasteiger partial charge < -0.3 is 5.73 Å². The summed E-state index contributed by atoms with van der Waals surface area (Å²) in [7, 11) is 0. The molecule has 1 heterocycles. The average molecular weight is 290 g/mol. The molecule has 6 heteroatoms. The zero-order valence-corrected chi connectivity index (χ0v) is 11.8. The molecule has 2 aliphatic carbocycles. The van der Waals surface area contributed by atoms with Crippen LogP contribution in [0.15, 0.2) is 18.2 Å². The number of anilines is 1. The molecular weight excluding hydrogens is 274 g/mol. The number of rotatable bonds is 4. The molecule has 2 aromatic rings. The second-order valence-electron chi connectivity index (χ2n) is 5.82. The molecule has 104 valence electrons. The second kappa shape index (κ2) is 4.45. The van der Waals surface area contributed by atoms with Gasteiger partial charge in [0.15, 0.2) is 5.82 Å². The third kappa shape index (κ3) is 1.97. The van der Waals surface area contributed by atoms with E-state index in [1.165, 1.54) is 25.7 Å². The average Bonchev–Trinajstić information content (AvgIpc) is 3.35. The minimum absolute atomic E-state index is 0.428. The van der Waals surface area contributed by atoms with Crippen molar-refractivity contribution < 1.29 is 0 Å². The molecule has 0 unspecified atom stereocenters. The predicted molar refractivity (Wildman–Crippen MR) is 77.2 cm³/mol. The van der Waals surface area contributed by atoms with Crippen LogP contribution in [0.5, 0.6) is 0 Å². The zero-order chi connectivity index (χ0) is 13.7. The lowest BCUT2D eigenvalue weighted by Gasteiger charge is -2.17. The van der Waals surface area contributed by atoms with E-state index in [0.29, 0.717) is 16.8 Å². The second-order valence-corrected chi connectivity index (χ2v) is 6.20. The Labute approximate surface area is 122 Å². The monoisotopic (exact) mass is 289 g/mol. The highest BCUT2D eigenvalue weighted by Gasteiger charge is 2.44. The van der Waals surface area contributed by atoms with Gasteiger partial charge in [-0.3, -0.25) is 0 Å². The lowest BCUT2D eigenvalue weighted by molar-refractivity contribution is 0.357. The van der Waals surface area contributed by atoms with Crippen LogP contribution in [0.1, 0.15) is 31.7 Å². The Kier molecular flexibility index (Phi) is 2.70. The Morgan fingerprint density at radius 2 is 1.90 bits per heavy atom. The quantitative estimate of drug-likeness (QED) is 0.879. The van der Waals surface area contributed by atoms with Gasteiger partial charge in [-0.15, -0.1) is 5.10 Å². The van der Waals surface area contributed by atoms with Crippen LogP contribution in [0.2, 0.25) is 5.02 Å². The van der Waals surface area contributed by atoms with Gasteiger partial charge in [0, 0.05) is 5.56 Å². The van der Waals surface area contributed by atoms with Crippen molar-refractivity contribution in [2.24, 2.45) is 11.8 Å². The molecule has 20 heavy (non-hydrogen) atoms. The zero-order valence-electron chi connectivity index (χ0n) is 11.0. The maximum Gasteiger partial charge on any atom is 0.183 e. The molecule has 2 saturated carbocycles. The van der Waals surface area contributed by atoms with Crippen LogP contribution in [0, 0.1) is 11.8 Å². The molecule has 2 fully saturated rings. The summed E-state index contributed by atoms with van der Waals surface area (Å²) in [4.78, 5) is 0. The molecule has 4 rings (SSSR count). The van der Waals surface area contributed by atoms with Crippen molar-refractivity contribution in [1.82, 2.24) is 20.2 Å². The molecule has 2 N–H and O–H groups in total. The molecule has 0 saturated heterocycles. The highest BCUT2D eigenvalue weighted by atomic mass is 35.5. The van der Waals surface area contributed by atoms with E-state index in [4.69, 9.17) is 17.3 Å². The van der Waals surface area contributed by atoms with Crippen molar-refractivity contribution in [3.8, 4) is 11.4 Å². The Morgan fingerprint density at radius 3 is 2.55 bits per heavy atom. The lowest BCUT2D eigenvalue weighted by Crippen LogP contribution is -2.16. The number of aromatic nitrogens is 4. The highest BCUT2D eigenvalue weighted by Crippen LogP contribution is 2.52. The fourth-order valence-corrected chi connectivity index (χ4v) is 3.16. The van der Waals surface area contributed by atoms with Gasteiger partial charge in [-0.25, -0.2) is 4.68 Å². The van der Waals surface area contributed by atoms with E-state index in [1.807, 2.05) is 16.8 Å². The Bertz CT molecular complexity index is 633. The Morgan fingerprint density at radius 1 is 1.20 bits per heavy atom. The van der Waals surface area contributed by atoms with E-state index in [1.54, 1.807) is 6.07 Å². The van der Waals surface area contributed by atoms with E-state index >= 15 is 0 Å². The summed E-state index contributed by atoms with van der Waals surface area (Å²) in [6.45, 7) is 0. The molecule has 0 atom stereocenters. The van der Waals surface area contributed by atoms with E-state index in [-0.39, 0.29) is 0 Å². The minimum Gasteiger partial charge on any atom is -0.398 e. The summed E-state index contributed by atoms with van der Waals surface area (Å²) in [5.41, 5.74) is 7.27. The van der Waals surface area contributed by atoms with Gasteiger partial charge in [0.05, 0.1) is 16.8 Å². The summed E-state index contributed by atoms with van der Waals surface area (Å²) in [6, 6.07) is 6.04. The van der Waals surface area contributed by atoms with Crippen molar-refractivity contribution in [2.75, 3.05) is 5.73 Å². The standard InChI is InChI=1S/C14H16ClN5/c15-12-10(2-1-3-11(12)16)14-17-18-19-20(14)13(8-4-5-8)9-6-7-9/h1-3,8-9,13H,4-7,16H2. The van der Waals surface area contributed by atoms with Gasteiger partial charge in [-0.1, -0.05) is 17.7 Å². The molecule has 1 aromatic heterocycles. The van der Waals surface area contributed by atoms with Crippen LogP contribution in [0.25, 0.3) is 11.4 Å². The smallest absolute Gasteiger partial charge is 0.183 e. The van der Waals surface area contributed by atoms with Crippen LogP contribution in [0.3, 0.4) is 0 Å². The molecule has 0 bridgehead atoms. The number of nitrogens with zero attached hydrogens (tertiary/aromatic N) is 4. The van der Waals surface area contributed by atoms with Crippen LogP contribution >= 0.6 is 11.6 Å². The third-order valence-electron chi connectivity index (χ3n) is 4.25. The van der Waals surface area contributed by atoms with E-state index < -0.39 is 0 Å². The maximum absolute atomic E-state index is 6.32. The number of halogens is 1. The summed E-state index contributed by atoms with van der Waals surface area (Å²) >= 11 is 6.32. The van der Waals surface area contributed by atoms with Gasteiger partial charge >= 0.3 is 0 Å². The fourth-order valence-electron chi connectivity index (χ4n) is 2.95. The lowest BCUT2D eigenvalue weighted by atomic mass is 10.1. The molecule has 2 aliphatic rings. The molecule has 0 amide bonds. The van der Waals surface area contributed by atoms with Gasteiger partial charge in [0.1, 0.15) is 0 Å². The first kappa shape index (κ1) is 12.1. The molecular formula is C14H16ClN5. The first-order chi connectivity index (χ1) is 9.75. The SMILES string of the molecule is Nc1cccc(-c2nnnn2C(C2CC2)C2CC2)c1Cl. The van der Waals surface area contributed by atoms with Crippen molar-refractivity contribution in [3.63, 3.8) is 0 Å². The van der Waals surface area contributed by atoms with Crippen molar-refractivity contribution >= 4 is 17.3 Å². The van der Waals surface area contributed by atoms with Crippen molar-refractivity contribution in [3.05, 3.63) is 23.2 Å².